The molecule has 1 aliphatic carbocycles. The van der Waals surface area contributed by atoms with E-state index >= 15 is 0 Å². The SMILES string of the molecule is CCNC(=NCC(=O)NC1CC1)N1CCC(COCCOC)C1.I. The van der Waals surface area contributed by atoms with Gasteiger partial charge >= 0.3 is 0 Å². The fourth-order valence-electron chi connectivity index (χ4n) is 2.63. The Labute approximate surface area is 161 Å². The molecule has 1 aliphatic heterocycles. The minimum absolute atomic E-state index is 0. The molecule has 1 atom stereocenters. The first-order valence-electron chi connectivity index (χ1n) is 8.62. The summed E-state index contributed by atoms with van der Waals surface area (Å²) >= 11 is 0. The predicted molar refractivity (Wildman–Crippen MR) is 105 cm³/mol. The highest BCUT2D eigenvalue weighted by molar-refractivity contribution is 14.0. The lowest BCUT2D eigenvalue weighted by molar-refractivity contribution is -0.119. The largest absolute Gasteiger partial charge is 0.382 e. The first-order chi connectivity index (χ1) is 11.2. The van der Waals surface area contributed by atoms with Gasteiger partial charge in [-0.2, -0.15) is 0 Å². The number of likely N-dealkylation sites (tertiary alicyclic amines) is 1. The molecule has 1 unspecified atom stereocenters. The van der Waals surface area contributed by atoms with Crippen LogP contribution in [0.5, 0.6) is 0 Å². The van der Waals surface area contributed by atoms with Crippen LogP contribution in [0.2, 0.25) is 0 Å². The van der Waals surface area contributed by atoms with Crippen molar-refractivity contribution in [3.05, 3.63) is 0 Å². The van der Waals surface area contributed by atoms with Crippen LogP contribution in [0.3, 0.4) is 0 Å². The van der Waals surface area contributed by atoms with E-state index in [1.165, 1.54) is 0 Å². The maximum absolute atomic E-state index is 11.8. The van der Waals surface area contributed by atoms with Gasteiger partial charge in [-0.1, -0.05) is 0 Å². The topological polar surface area (TPSA) is 75.2 Å². The van der Waals surface area contributed by atoms with E-state index in [0.29, 0.717) is 25.2 Å². The Hall–Kier alpha value is -0.610. The van der Waals surface area contributed by atoms with E-state index < -0.39 is 0 Å². The number of halogens is 1. The number of guanidine groups is 1. The molecule has 1 saturated carbocycles. The number of methoxy groups -OCH3 is 1. The van der Waals surface area contributed by atoms with Crippen molar-refractivity contribution in [2.45, 2.75) is 32.2 Å². The van der Waals surface area contributed by atoms with E-state index in [2.05, 4.69) is 20.5 Å². The van der Waals surface area contributed by atoms with Crippen molar-refractivity contribution in [1.29, 1.82) is 0 Å². The summed E-state index contributed by atoms with van der Waals surface area (Å²) in [6, 6.07) is 0.390. The van der Waals surface area contributed by atoms with Gasteiger partial charge in [0.15, 0.2) is 5.96 Å². The number of nitrogens with zero attached hydrogens (tertiary/aromatic N) is 2. The Balaban J connectivity index is 0.00000288. The molecule has 2 rings (SSSR count). The third-order valence-electron chi connectivity index (χ3n) is 4.02. The molecule has 1 amide bonds. The highest BCUT2D eigenvalue weighted by atomic mass is 127. The van der Waals surface area contributed by atoms with Gasteiger partial charge in [-0.25, -0.2) is 4.99 Å². The zero-order valence-corrected chi connectivity index (χ0v) is 17.1. The molecular formula is C16H31IN4O3. The second-order valence-electron chi connectivity index (χ2n) is 6.18. The summed E-state index contributed by atoms with van der Waals surface area (Å²) in [7, 11) is 1.68. The molecule has 2 N–H and O–H groups in total. The van der Waals surface area contributed by atoms with Gasteiger partial charge in [-0.05, 0) is 26.2 Å². The monoisotopic (exact) mass is 454 g/mol. The lowest BCUT2D eigenvalue weighted by Gasteiger charge is -2.21. The molecule has 7 nitrogen and oxygen atoms in total. The molecular weight excluding hydrogens is 423 g/mol. The third kappa shape index (κ3) is 7.98. The number of amides is 1. The Kier molecular flexibility index (Phi) is 10.6. The average Bonchev–Trinajstić information content (AvgIpc) is 3.23. The number of nitrogens with one attached hydrogen (secondary N) is 2. The second kappa shape index (κ2) is 11.9. The van der Waals surface area contributed by atoms with Gasteiger partial charge in [-0.3, -0.25) is 4.79 Å². The maximum Gasteiger partial charge on any atom is 0.242 e. The van der Waals surface area contributed by atoms with Crippen molar-refractivity contribution < 1.29 is 14.3 Å². The van der Waals surface area contributed by atoms with E-state index in [-0.39, 0.29) is 36.4 Å². The molecule has 8 heteroatoms. The Morgan fingerprint density at radius 2 is 2.08 bits per heavy atom. The summed E-state index contributed by atoms with van der Waals surface area (Å²) in [6.07, 6.45) is 3.30. The smallest absolute Gasteiger partial charge is 0.242 e. The van der Waals surface area contributed by atoms with E-state index in [4.69, 9.17) is 9.47 Å². The number of aliphatic imine (C=N–C) groups is 1. The maximum atomic E-state index is 11.8. The molecule has 2 aliphatic rings. The Morgan fingerprint density at radius 1 is 1.29 bits per heavy atom. The summed E-state index contributed by atoms with van der Waals surface area (Å²) < 4.78 is 10.6. The molecule has 140 valence electrons. The van der Waals surface area contributed by atoms with Gasteiger partial charge in [-0.15, -0.1) is 24.0 Å². The number of carbonyl (C=O) groups excluding carboxylic acids is 1. The number of carbonyl (C=O) groups is 1. The predicted octanol–water partition coefficient (Wildman–Crippen LogP) is 0.833. The lowest BCUT2D eigenvalue weighted by Crippen LogP contribution is -2.41. The van der Waals surface area contributed by atoms with Gasteiger partial charge in [0, 0.05) is 38.7 Å². The molecule has 0 spiro atoms. The summed E-state index contributed by atoms with van der Waals surface area (Å²) in [6.45, 7) is 6.94. The van der Waals surface area contributed by atoms with Gasteiger partial charge in [0.05, 0.1) is 19.8 Å². The van der Waals surface area contributed by atoms with Gasteiger partial charge in [0.1, 0.15) is 6.54 Å². The minimum Gasteiger partial charge on any atom is -0.382 e. The Morgan fingerprint density at radius 3 is 2.75 bits per heavy atom. The second-order valence-corrected chi connectivity index (χ2v) is 6.18. The summed E-state index contributed by atoms with van der Waals surface area (Å²) in [5.74, 6) is 1.36. The van der Waals surface area contributed by atoms with Crippen LogP contribution in [-0.4, -0.2) is 75.9 Å². The first kappa shape index (κ1) is 21.4. The van der Waals surface area contributed by atoms with Crippen LogP contribution in [0, 0.1) is 5.92 Å². The van der Waals surface area contributed by atoms with E-state index in [1.54, 1.807) is 7.11 Å². The average molecular weight is 454 g/mol. The third-order valence-corrected chi connectivity index (χ3v) is 4.02. The van der Waals surface area contributed by atoms with Crippen LogP contribution >= 0.6 is 24.0 Å². The highest BCUT2D eigenvalue weighted by Crippen LogP contribution is 2.18. The van der Waals surface area contributed by atoms with Crippen molar-refractivity contribution in [2.75, 3.05) is 53.1 Å². The van der Waals surface area contributed by atoms with E-state index in [1.807, 2.05) is 6.92 Å². The lowest BCUT2D eigenvalue weighted by atomic mass is 10.1. The standard InChI is InChI=1S/C16H30N4O3.HI/c1-3-17-16(18-10-15(21)19-14-4-5-14)20-7-6-13(11-20)12-23-9-8-22-2;/h13-14H,3-12H2,1-2H3,(H,17,18)(H,19,21);1H. The van der Waals surface area contributed by atoms with E-state index in [9.17, 15) is 4.79 Å². The van der Waals surface area contributed by atoms with Crippen molar-refractivity contribution >= 4 is 35.8 Å². The fraction of sp³-hybridized carbons (Fsp3) is 0.875. The number of hydrogen-bond donors (Lipinski definition) is 2. The number of hydrogen-bond acceptors (Lipinski definition) is 4. The summed E-state index contributed by atoms with van der Waals surface area (Å²) in [5.41, 5.74) is 0. The molecule has 0 aromatic heterocycles. The van der Waals surface area contributed by atoms with Crippen LogP contribution in [0.4, 0.5) is 0 Å². The minimum atomic E-state index is 0. The summed E-state index contributed by atoms with van der Waals surface area (Å²) in [5, 5.41) is 6.25. The normalized spacial score (nSPS) is 20.7. The first-order valence-corrected chi connectivity index (χ1v) is 8.62. The molecule has 0 aromatic carbocycles. The van der Waals surface area contributed by atoms with Crippen LogP contribution in [0.25, 0.3) is 0 Å². The molecule has 24 heavy (non-hydrogen) atoms. The van der Waals surface area contributed by atoms with Gasteiger partial charge in [0.2, 0.25) is 5.91 Å². The van der Waals surface area contributed by atoms with Crippen LogP contribution < -0.4 is 10.6 Å². The molecule has 0 bridgehead atoms. The van der Waals surface area contributed by atoms with Gasteiger partial charge in [0.25, 0.3) is 0 Å². The molecule has 2 fully saturated rings. The van der Waals surface area contributed by atoms with Crippen LogP contribution in [-0.2, 0) is 14.3 Å². The summed E-state index contributed by atoms with van der Waals surface area (Å²) in [4.78, 5) is 18.5. The number of rotatable bonds is 9. The zero-order chi connectivity index (χ0) is 16.5. The van der Waals surface area contributed by atoms with Crippen molar-refractivity contribution in [3.8, 4) is 0 Å². The molecule has 0 aromatic rings. The van der Waals surface area contributed by atoms with Crippen LogP contribution in [0.15, 0.2) is 4.99 Å². The van der Waals surface area contributed by atoms with Crippen LogP contribution in [0.1, 0.15) is 26.2 Å². The Bertz CT molecular complexity index is 405. The van der Waals surface area contributed by atoms with Crippen molar-refractivity contribution in [3.63, 3.8) is 0 Å². The van der Waals surface area contributed by atoms with Crippen molar-refractivity contribution in [1.82, 2.24) is 15.5 Å². The molecule has 0 radical (unpaired) electrons. The number of ether oxygens (including phenoxy) is 2. The quantitative estimate of drug-likeness (QED) is 0.234. The van der Waals surface area contributed by atoms with E-state index in [0.717, 1.165) is 51.5 Å². The fourth-order valence-corrected chi connectivity index (χ4v) is 2.63. The highest BCUT2D eigenvalue weighted by Gasteiger charge is 2.26. The zero-order valence-electron chi connectivity index (χ0n) is 14.8. The molecule has 1 saturated heterocycles. The molecule has 1 heterocycles. The van der Waals surface area contributed by atoms with Gasteiger partial charge < -0.3 is 25.0 Å². The van der Waals surface area contributed by atoms with Crippen molar-refractivity contribution in [2.24, 2.45) is 10.9 Å².